The lowest BCUT2D eigenvalue weighted by atomic mass is 10.1. The normalized spacial score (nSPS) is 16.3. The molecule has 0 amide bonds. The van der Waals surface area contributed by atoms with Crippen molar-refractivity contribution >= 4 is 11.9 Å². The van der Waals surface area contributed by atoms with Crippen molar-refractivity contribution in [3.8, 4) is 0 Å². The Morgan fingerprint density at radius 3 is 2.72 bits per heavy atom. The number of ether oxygens (including phenoxy) is 1. The van der Waals surface area contributed by atoms with Crippen LogP contribution in [0, 0.1) is 0 Å². The molecule has 1 aromatic rings. The van der Waals surface area contributed by atoms with E-state index >= 15 is 0 Å². The summed E-state index contributed by atoms with van der Waals surface area (Å²) in [6, 6.07) is 0.402. The van der Waals surface area contributed by atoms with E-state index in [1.165, 1.54) is 12.4 Å². The molecule has 6 nitrogen and oxygen atoms in total. The maximum Gasteiger partial charge on any atom is 0.341 e. The maximum absolute atomic E-state index is 11.4. The van der Waals surface area contributed by atoms with E-state index in [4.69, 9.17) is 4.74 Å². The molecule has 0 radical (unpaired) electrons. The Bertz CT molecular complexity index is 388. The summed E-state index contributed by atoms with van der Waals surface area (Å²) in [7, 11) is 0. The number of hydrogen-bond acceptors (Lipinski definition) is 6. The van der Waals surface area contributed by atoms with Crippen molar-refractivity contribution in [2.45, 2.75) is 25.8 Å². The Balaban J connectivity index is 1.92. The lowest BCUT2D eigenvalue weighted by Gasteiger charge is -2.23. The lowest BCUT2D eigenvalue weighted by molar-refractivity contribution is 0.0525. The van der Waals surface area contributed by atoms with Gasteiger partial charge in [0.25, 0.3) is 0 Å². The first kappa shape index (κ1) is 12.8. The van der Waals surface area contributed by atoms with E-state index in [2.05, 4.69) is 20.6 Å². The molecule has 1 fully saturated rings. The molecule has 0 spiro atoms. The first-order valence-corrected chi connectivity index (χ1v) is 6.26. The number of nitrogens with one attached hydrogen (secondary N) is 2. The molecule has 2 rings (SSSR count). The predicted molar refractivity (Wildman–Crippen MR) is 67.5 cm³/mol. The molecule has 0 atom stereocenters. The Labute approximate surface area is 106 Å². The molecule has 0 aliphatic carbocycles. The standard InChI is InChI=1S/C12H18N4O2/c1-2-18-11(17)9-7-14-12(15-8-9)16-10-3-5-13-6-4-10/h7-8,10,13H,2-6H2,1H3,(H,14,15,16). The van der Waals surface area contributed by atoms with Crippen LogP contribution in [0.1, 0.15) is 30.1 Å². The van der Waals surface area contributed by atoms with Gasteiger partial charge in [0, 0.05) is 18.4 Å². The SMILES string of the molecule is CCOC(=O)c1cnc(NC2CCNCC2)nc1. The van der Waals surface area contributed by atoms with Gasteiger partial charge in [-0.05, 0) is 32.9 Å². The van der Waals surface area contributed by atoms with Crippen LogP contribution < -0.4 is 10.6 Å². The van der Waals surface area contributed by atoms with Gasteiger partial charge in [0.05, 0.1) is 12.2 Å². The Kier molecular flexibility index (Phi) is 4.46. The minimum atomic E-state index is -0.383. The van der Waals surface area contributed by atoms with Crippen LogP contribution >= 0.6 is 0 Å². The number of carbonyl (C=O) groups excluding carboxylic acids is 1. The zero-order valence-electron chi connectivity index (χ0n) is 10.5. The van der Waals surface area contributed by atoms with Gasteiger partial charge in [-0.2, -0.15) is 0 Å². The summed E-state index contributed by atoms with van der Waals surface area (Å²) in [4.78, 5) is 19.7. The van der Waals surface area contributed by atoms with Crippen LogP contribution in [0.3, 0.4) is 0 Å². The Morgan fingerprint density at radius 1 is 1.44 bits per heavy atom. The van der Waals surface area contributed by atoms with Crippen LogP contribution in [0.4, 0.5) is 5.95 Å². The van der Waals surface area contributed by atoms with Crippen LogP contribution in [0.2, 0.25) is 0 Å². The number of carbonyl (C=O) groups is 1. The summed E-state index contributed by atoms with van der Waals surface area (Å²) in [5.41, 5.74) is 0.382. The summed E-state index contributed by atoms with van der Waals surface area (Å²) in [5, 5.41) is 6.56. The molecular weight excluding hydrogens is 232 g/mol. The molecule has 0 saturated carbocycles. The fraction of sp³-hybridized carbons (Fsp3) is 0.583. The molecular formula is C12H18N4O2. The lowest BCUT2D eigenvalue weighted by Crippen LogP contribution is -2.35. The van der Waals surface area contributed by atoms with Crippen molar-refractivity contribution in [1.82, 2.24) is 15.3 Å². The van der Waals surface area contributed by atoms with Crippen LogP contribution in [-0.2, 0) is 4.74 Å². The van der Waals surface area contributed by atoms with E-state index in [1.54, 1.807) is 6.92 Å². The number of piperidine rings is 1. The first-order valence-electron chi connectivity index (χ1n) is 6.26. The van der Waals surface area contributed by atoms with E-state index in [9.17, 15) is 4.79 Å². The van der Waals surface area contributed by atoms with Gasteiger partial charge in [-0.1, -0.05) is 0 Å². The van der Waals surface area contributed by atoms with Gasteiger partial charge < -0.3 is 15.4 Å². The Hall–Kier alpha value is -1.69. The monoisotopic (exact) mass is 250 g/mol. The molecule has 2 heterocycles. The van der Waals surface area contributed by atoms with Crippen molar-refractivity contribution in [1.29, 1.82) is 0 Å². The number of esters is 1. The quantitative estimate of drug-likeness (QED) is 0.770. The number of rotatable bonds is 4. The molecule has 1 aliphatic rings. The van der Waals surface area contributed by atoms with Gasteiger partial charge in [0.15, 0.2) is 0 Å². The van der Waals surface area contributed by atoms with Crippen molar-refractivity contribution in [2.75, 3.05) is 25.0 Å². The van der Waals surface area contributed by atoms with Crippen LogP contribution in [0.25, 0.3) is 0 Å². The predicted octanol–water partition coefficient (Wildman–Crippen LogP) is 0.817. The fourth-order valence-electron chi connectivity index (χ4n) is 1.87. The number of anilines is 1. The third-order valence-corrected chi connectivity index (χ3v) is 2.84. The second-order valence-corrected chi connectivity index (χ2v) is 4.18. The minimum absolute atomic E-state index is 0.355. The highest BCUT2D eigenvalue weighted by atomic mass is 16.5. The number of nitrogens with zero attached hydrogens (tertiary/aromatic N) is 2. The largest absolute Gasteiger partial charge is 0.462 e. The van der Waals surface area contributed by atoms with Crippen LogP contribution in [-0.4, -0.2) is 41.7 Å². The van der Waals surface area contributed by atoms with E-state index in [0.717, 1.165) is 25.9 Å². The minimum Gasteiger partial charge on any atom is -0.462 e. The van der Waals surface area contributed by atoms with E-state index in [-0.39, 0.29) is 5.97 Å². The van der Waals surface area contributed by atoms with Crippen LogP contribution in [0.5, 0.6) is 0 Å². The van der Waals surface area contributed by atoms with Crippen LogP contribution in [0.15, 0.2) is 12.4 Å². The summed E-state index contributed by atoms with van der Waals surface area (Å²) in [5.74, 6) is 0.181. The fourth-order valence-corrected chi connectivity index (χ4v) is 1.87. The van der Waals surface area contributed by atoms with Gasteiger partial charge >= 0.3 is 5.97 Å². The summed E-state index contributed by atoms with van der Waals surface area (Å²) in [6.45, 7) is 4.15. The number of aromatic nitrogens is 2. The summed E-state index contributed by atoms with van der Waals surface area (Å²) >= 11 is 0. The smallest absolute Gasteiger partial charge is 0.341 e. The van der Waals surface area contributed by atoms with Gasteiger partial charge in [-0.15, -0.1) is 0 Å². The average molecular weight is 250 g/mol. The second kappa shape index (κ2) is 6.30. The molecule has 1 aliphatic heterocycles. The van der Waals surface area contributed by atoms with E-state index in [0.29, 0.717) is 24.2 Å². The van der Waals surface area contributed by atoms with Crippen molar-refractivity contribution in [2.24, 2.45) is 0 Å². The average Bonchev–Trinajstić information content (AvgIpc) is 2.41. The van der Waals surface area contributed by atoms with E-state index in [1.807, 2.05) is 0 Å². The van der Waals surface area contributed by atoms with Gasteiger partial charge in [-0.3, -0.25) is 0 Å². The number of hydrogen-bond donors (Lipinski definition) is 2. The molecule has 1 saturated heterocycles. The van der Waals surface area contributed by atoms with Gasteiger partial charge in [0.1, 0.15) is 0 Å². The third-order valence-electron chi connectivity index (χ3n) is 2.84. The molecule has 1 aromatic heterocycles. The first-order chi connectivity index (χ1) is 8.79. The third kappa shape index (κ3) is 3.40. The highest BCUT2D eigenvalue weighted by molar-refractivity contribution is 5.88. The zero-order valence-corrected chi connectivity index (χ0v) is 10.5. The Morgan fingerprint density at radius 2 is 2.11 bits per heavy atom. The zero-order chi connectivity index (χ0) is 12.8. The highest BCUT2D eigenvalue weighted by Gasteiger charge is 2.14. The maximum atomic E-state index is 11.4. The molecule has 0 aromatic carbocycles. The molecule has 2 N–H and O–H groups in total. The van der Waals surface area contributed by atoms with Crippen molar-refractivity contribution in [3.05, 3.63) is 18.0 Å². The second-order valence-electron chi connectivity index (χ2n) is 4.18. The summed E-state index contributed by atoms with van der Waals surface area (Å²) < 4.78 is 4.87. The summed E-state index contributed by atoms with van der Waals surface area (Å²) in [6.07, 6.45) is 5.11. The molecule has 98 valence electrons. The van der Waals surface area contributed by atoms with Gasteiger partial charge in [0.2, 0.25) is 5.95 Å². The molecule has 0 unspecified atom stereocenters. The highest BCUT2D eigenvalue weighted by Crippen LogP contribution is 2.09. The molecule has 0 bridgehead atoms. The van der Waals surface area contributed by atoms with Gasteiger partial charge in [-0.25, -0.2) is 14.8 Å². The molecule has 6 heteroatoms. The van der Waals surface area contributed by atoms with Crippen molar-refractivity contribution < 1.29 is 9.53 Å². The molecule has 18 heavy (non-hydrogen) atoms. The topological polar surface area (TPSA) is 76.1 Å². The van der Waals surface area contributed by atoms with E-state index < -0.39 is 0 Å². The van der Waals surface area contributed by atoms with Crippen molar-refractivity contribution in [3.63, 3.8) is 0 Å².